The quantitative estimate of drug-likeness (QED) is 0.481. The molecule has 1 aliphatic rings. The Balaban J connectivity index is 1.96. The molecule has 0 spiro atoms. The van der Waals surface area contributed by atoms with Crippen LogP contribution >= 0.6 is 0 Å². The minimum atomic E-state index is -0.587. The van der Waals surface area contributed by atoms with Crippen LogP contribution in [0.5, 0.6) is 5.75 Å². The summed E-state index contributed by atoms with van der Waals surface area (Å²) in [5, 5.41) is 4.49. The molecule has 0 aliphatic carbocycles. The third kappa shape index (κ3) is 4.04. The second kappa shape index (κ2) is 8.78. The molecule has 1 atom stereocenters. The summed E-state index contributed by atoms with van der Waals surface area (Å²) in [5.41, 5.74) is 4.41. The monoisotopic (exact) mass is 463 g/mol. The van der Waals surface area contributed by atoms with Gasteiger partial charge in [0, 0.05) is 41.7 Å². The number of pyridine rings is 1. The highest BCUT2D eigenvalue weighted by atomic mass is 16.5. The summed E-state index contributed by atoms with van der Waals surface area (Å²) in [4.78, 5) is 25.4. The normalized spacial score (nSPS) is 15.1. The van der Waals surface area contributed by atoms with Gasteiger partial charge in [0.1, 0.15) is 11.3 Å². The molecular formula is C27H33N3O4. The van der Waals surface area contributed by atoms with Crippen molar-refractivity contribution in [2.24, 2.45) is 5.41 Å². The van der Waals surface area contributed by atoms with Crippen LogP contribution in [0.3, 0.4) is 0 Å². The molecule has 0 saturated heterocycles. The second-order valence-corrected chi connectivity index (χ2v) is 10.1. The SMILES string of the molecule is CCOC(=O)c1cn2c(cc1=O)-c1cc(OC)c(-c3ccnn3C(C)C)cc1CC2C(C)(C)C. The number of benzene rings is 1. The van der Waals surface area contributed by atoms with Gasteiger partial charge in [0.2, 0.25) is 0 Å². The first kappa shape index (κ1) is 23.8. The van der Waals surface area contributed by atoms with Crippen molar-refractivity contribution in [1.82, 2.24) is 14.3 Å². The highest BCUT2D eigenvalue weighted by Gasteiger charge is 2.34. The van der Waals surface area contributed by atoms with Crippen molar-refractivity contribution in [1.29, 1.82) is 0 Å². The number of fused-ring (bicyclic) bond motifs is 3. The van der Waals surface area contributed by atoms with Crippen molar-refractivity contribution in [2.45, 2.75) is 60.0 Å². The number of rotatable bonds is 5. The summed E-state index contributed by atoms with van der Waals surface area (Å²) < 4.78 is 15.0. The number of hydrogen-bond donors (Lipinski definition) is 0. The van der Waals surface area contributed by atoms with Crippen LogP contribution in [0.2, 0.25) is 0 Å². The lowest BCUT2D eigenvalue weighted by Crippen LogP contribution is -2.33. The average Bonchev–Trinajstić information content (AvgIpc) is 3.27. The summed E-state index contributed by atoms with van der Waals surface area (Å²) in [5.74, 6) is 0.125. The predicted octanol–water partition coefficient (Wildman–Crippen LogP) is 5.29. The summed E-state index contributed by atoms with van der Waals surface area (Å²) in [7, 11) is 1.65. The van der Waals surface area contributed by atoms with Crippen molar-refractivity contribution in [3.05, 3.63) is 58.0 Å². The standard InChI is InChI=1S/C27H33N3O4/c1-8-34-26(32)20-15-29-22(14-23(20)31)18-13-24(33-7)19(21-9-10-28-30(21)16(2)3)11-17(18)12-25(29)27(4,5)6/h9-11,13-16,25H,8,12H2,1-7H3. The fourth-order valence-electron chi connectivity index (χ4n) is 4.76. The maximum absolute atomic E-state index is 12.9. The molecule has 0 N–H and O–H groups in total. The van der Waals surface area contributed by atoms with Crippen LogP contribution in [0.15, 0.2) is 41.5 Å². The van der Waals surface area contributed by atoms with E-state index in [1.807, 2.05) is 16.8 Å². The molecular weight excluding hydrogens is 430 g/mol. The molecule has 3 heterocycles. The number of methoxy groups -OCH3 is 1. The second-order valence-electron chi connectivity index (χ2n) is 10.1. The molecule has 7 heteroatoms. The van der Waals surface area contributed by atoms with Gasteiger partial charge in [0.25, 0.3) is 0 Å². The van der Waals surface area contributed by atoms with Gasteiger partial charge in [0.15, 0.2) is 5.43 Å². The third-order valence-corrected chi connectivity index (χ3v) is 6.46. The Hall–Kier alpha value is -3.35. The average molecular weight is 464 g/mol. The summed E-state index contributed by atoms with van der Waals surface area (Å²) >= 11 is 0. The van der Waals surface area contributed by atoms with E-state index >= 15 is 0 Å². The van der Waals surface area contributed by atoms with Gasteiger partial charge in [-0.3, -0.25) is 9.48 Å². The van der Waals surface area contributed by atoms with Crippen molar-refractivity contribution in [3.63, 3.8) is 0 Å². The number of esters is 1. The molecule has 1 aliphatic heterocycles. The molecule has 3 aromatic rings. The van der Waals surface area contributed by atoms with E-state index < -0.39 is 5.97 Å². The van der Waals surface area contributed by atoms with Crippen molar-refractivity contribution in [2.75, 3.05) is 13.7 Å². The molecule has 4 rings (SSSR count). The van der Waals surface area contributed by atoms with E-state index in [1.54, 1.807) is 32.5 Å². The number of aromatic nitrogens is 3. The first-order valence-electron chi connectivity index (χ1n) is 11.7. The topological polar surface area (TPSA) is 75.3 Å². The van der Waals surface area contributed by atoms with Crippen molar-refractivity contribution < 1.29 is 14.3 Å². The highest BCUT2D eigenvalue weighted by molar-refractivity contribution is 5.89. The van der Waals surface area contributed by atoms with E-state index in [-0.39, 0.29) is 35.1 Å². The fourth-order valence-corrected chi connectivity index (χ4v) is 4.76. The Morgan fingerprint density at radius 1 is 1.18 bits per heavy atom. The highest BCUT2D eigenvalue weighted by Crippen LogP contribution is 2.46. The molecule has 7 nitrogen and oxygen atoms in total. The lowest BCUT2D eigenvalue weighted by molar-refractivity contribution is 0.0523. The third-order valence-electron chi connectivity index (χ3n) is 6.46. The maximum atomic E-state index is 12.9. The largest absolute Gasteiger partial charge is 0.496 e. The number of ether oxygens (including phenoxy) is 2. The Morgan fingerprint density at radius 3 is 2.53 bits per heavy atom. The molecule has 0 bridgehead atoms. The Morgan fingerprint density at radius 2 is 1.91 bits per heavy atom. The Bertz CT molecular complexity index is 1290. The van der Waals surface area contributed by atoms with Crippen LogP contribution in [0.4, 0.5) is 0 Å². The van der Waals surface area contributed by atoms with E-state index in [1.165, 1.54) is 0 Å². The first-order chi connectivity index (χ1) is 16.1. The van der Waals surface area contributed by atoms with Gasteiger partial charge in [-0.15, -0.1) is 0 Å². The lowest BCUT2D eigenvalue weighted by atomic mass is 9.78. The first-order valence-corrected chi connectivity index (χ1v) is 11.7. The van der Waals surface area contributed by atoms with Gasteiger partial charge in [-0.05, 0) is 56.4 Å². The number of carbonyl (C=O) groups excluding carboxylic acids is 1. The van der Waals surface area contributed by atoms with Crippen LogP contribution in [0.25, 0.3) is 22.5 Å². The van der Waals surface area contributed by atoms with Gasteiger partial charge in [0.05, 0.1) is 25.1 Å². The van der Waals surface area contributed by atoms with Gasteiger partial charge in [-0.1, -0.05) is 20.8 Å². The van der Waals surface area contributed by atoms with Crippen molar-refractivity contribution >= 4 is 5.97 Å². The van der Waals surface area contributed by atoms with E-state index in [9.17, 15) is 9.59 Å². The zero-order valence-electron chi connectivity index (χ0n) is 21.0. The molecule has 34 heavy (non-hydrogen) atoms. The smallest absolute Gasteiger partial charge is 0.343 e. The van der Waals surface area contributed by atoms with Crippen LogP contribution in [-0.4, -0.2) is 34.0 Å². The Kier molecular flexibility index (Phi) is 6.14. The van der Waals surface area contributed by atoms with Gasteiger partial charge in [-0.2, -0.15) is 5.10 Å². The van der Waals surface area contributed by atoms with Crippen LogP contribution in [0, 0.1) is 5.41 Å². The molecule has 0 saturated carbocycles. The number of nitrogens with zero attached hydrogens (tertiary/aromatic N) is 3. The van der Waals surface area contributed by atoms with Gasteiger partial charge in [-0.25, -0.2) is 4.79 Å². The van der Waals surface area contributed by atoms with Crippen LogP contribution in [-0.2, 0) is 11.2 Å². The fraction of sp³-hybridized carbons (Fsp3) is 0.444. The molecule has 0 fully saturated rings. The van der Waals surface area contributed by atoms with E-state index in [0.29, 0.717) is 5.75 Å². The summed E-state index contributed by atoms with van der Waals surface area (Å²) in [6, 6.07) is 7.96. The van der Waals surface area contributed by atoms with Gasteiger partial charge < -0.3 is 14.0 Å². The van der Waals surface area contributed by atoms with Gasteiger partial charge >= 0.3 is 5.97 Å². The van der Waals surface area contributed by atoms with E-state index in [4.69, 9.17) is 9.47 Å². The molecule has 1 aromatic carbocycles. The summed E-state index contributed by atoms with van der Waals surface area (Å²) in [6.07, 6.45) is 4.23. The van der Waals surface area contributed by atoms with E-state index in [2.05, 4.69) is 50.4 Å². The van der Waals surface area contributed by atoms with Crippen molar-refractivity contribution in [3.8, 4) is 28.3 Å². The van der Waals surface area contributed by atoms with Crippen LogP contribution < -0.4 is 10.2 Å². The molecule has 2 aromatic heterocycles. The van der Waals surface area contributed by atoms with E-state index in [0.717, 1.165) is 34.5 Å². The minimum absolute atomic E-state index is 0.0417. The summed E-state index contributed by atoms with van der Waals surface area (Å²) in [6.45, 7) is 12.7. The zero-order chi connectivity index (χ0) is 24.8. The predicted molar refractivity (Wildman–Crippen MR) is 132 cm³/mol. The maximum Gasteiger partial charge on any atom is 0.343 e. The lowest BCUT2D eigenvalue weighted by Gasteiger charge is -2.39. The molecule has 180 valence electrons. The number of carbonyl (C=O) groups is 1. The molecule has 0 amide bonds. The minimum Gasteiger partial charge on any atom is -0.496 e. The number of hydrogen-bond acceptors (Lipinski definition) is 5. The Labute approximate surface area is 200 Å². The molecule has 1 unspecified atom stereocenters. The zero-order valence-corrected chi connectivity index (χ0v) is 21.0. The molecule has 0 radical (unpaired) electrons. The van der Waals surface area contributed by atoms with Crippen LogP contribution in [0.1, 0.15) is 69.5 Å².